The summed E-state index contributed by atoms with van der Waals surface area (Å²) in [5.41, 5.74) is 0.446. The fraction of sp³-hybridized carbons (Fsp3) is 0.667. The molecule has 1 rings (SSSR count). The Kier molecular flexibility index (Phi) is 2.50. The third kappa shape index (κ3) is 2.65. The van der Waals surface area contributed by atoms with E-state index in [1.165, 1.54) is 0 Å². The van der Waals surface area contributed by atoms with Crippen molar-refractivity contribution >= 4 is 5.71 Å². The molecule has 1 heterocycles. The Hall–Kier alpha value is -1.19. The summed E-state index contributed by atoms with van der Waals surface area (Å²) in [5.74, 6) is 1.22. The summed E-state index contributed by atoms with van der Waals surface area (Å²) in [6.45, 7) is 7.80. The standard InChI is InChI=1S/C9H15N3O/c1-6(10)5-7-11-8(12-13-7)9(2,3)4/h10H,5H2,1-4H3. The van der Waals surface area contributed by atoms with Gasteiger partial charge in [-0.2, -0.15) is 4.98 Å². The Bertz CT molecular complexity index is 309. The average Bonchev–Trinajstić information content (AvgIpc) is 2.32. The molecule has 0 atom stereocenters. The Morgan fingerprint density at radius 1 is 1.46 bits per heavy atom. The van der Waals surface area contributed by atoms with E-state index in [2.05, 4.69) is 10.1 Å². The molecule has 0 fully saturated rings. The van der Waals surface area contributed by atoms with Crippen molar-refractivity contribution < 1.29 is 4.52 Å². The Morgan fingerprint density at radius 3 is 2.46 bits per heavy atom. The van der Waals surface area contributed by atoms with Crippen molar-refractivity contribution in [3.8, 4) is 0 Å². The monoisotopic (exact) mass is 181 g/mol. The van der Waals surface area contributed by atoms with Gasteiger partial charge in [-0.1, -0.05) is 25.9 Å². The first-order valence-electron chi connectivity index (χ1n) is 4.26. The van der Waals surface area contributed by atoms with Crippen molar-refractivity contribution in [2.75, 3.05) is 0 Å². The molecule has 0 aliphatic rings. The van der Waals surface area contributed by atoms with Crippen LogP contribution in [0, 0.1) is 5.41 Å². The van der Waals surface area contributed by atoms with Crippen molar-refractivity contribution in [3.05, 3.63) is 11.7 Å². The van der Waals surface area contributed by atoms with Gasteiger partial charge < -0.3 is 9.93 Å². The fourth-order valence-corrected chi connectivity index (χ4v) is 0.858. The normalized spacial score (nSPS) is 11.7. The molecule has 0 spiro atoms. The van der Waals surface area contributed by atoms with Gasteiger partial charge in [0.2, 0.25) is 5.89 Å². The SMILES string of the molecule is CC(=N)Cc1nc(C(C)(C)C)no1. The third-order valence-corrected chi connectivity index (χ3v) is 1.56. The van der Waals surface area contributed by atoms with Gasteiger partial charge in [0.25, 0.3) is 0 Å². The van der Waals surface area contributed by atoms with Crippen LogP contribution in [0.5, 0.6) is 0 Å². The molecule has 1 N–H and O–H groups in total. The van der Waals surface area contributed by atoms with Crippen molar-refractivity contribution in [1.29, 1.82) is 5.41 Å². The van der Waals surface area contributed by atoms with Gasteiger partial charge in [-0.05, 0) is 6.92 Å². The van der Waals surface area contributed by atoms with Gasteiger partial charge in [-0.15, -0.1) is 0 Å². The van der Waals surface area contributed by atoms with Crippen LogP contribution in [0.2, 0.25) is 0 Å². The van der Waals surface area contributed by atoms with Gasteiger partial charge in [0.1, 0.15) is 0 Å². The quantitative estimate of drug-likeness (QED) is 0.709. The molecular weight excluding hydrogens is 166 g/mol. The second-order valence-electron chi connectivity index (χ2n) is 4.22. The zero-order valence-corrected chi connectivity index (χ0v) is 8.51. The van der Waals surface area contributed by atoms with E-state index in [0.717, 1.165) is 0 Å². The van der Waals surface area contributed by atoms with E-state index in [4.69, 9.17) is 9.93 Å². The predicted octanol–water partition coefficient (Wildman–Crippen LogP) is 1.95. The molecule has 0 saturated heterocycles. The van der Waals surface area contributed by atoms with Crippen LogP contribution in [0.4, 0.5) is 0 Å². The summed E-state index contributed by atoms with van der Waals surface area (Å²) in [6, 6.07) is 0. The Morgan fingerprint density at radius 2 is 2.08 bits per heavy atom. The molecular formula is C9H15N3O. The summed E-state index contributed by atoms with van der Waals surface area (Å²) in [6.07, 6.45) is 0.448. The first-order chi connectivity index (χ1) is 5.89. The molecule has 0 unspecified atom stereocenters. The van der Waals surface area contributed by atoms with E-state index in [0.29, 0.717) is 23.8 Å². The molecule has 1 aromatic rings. The van der Waals surface area contributed by atoms with Crippen molar-refractivity contribution in [2.45, 2.75) is 39.5 Å². The molecule has 0 radical (unpaired) electrons. The summed E-state index contributed by atoms with van der Waals surface area (Å²) in [5, 5.41) is 11.1. The molecule has 0 amide bonds. The molecule has 4 heteroatoms. The molecule has 0 aromatic carbocycles. The Balaban J connectivity index is 2.81. The average molecular weight is 181 g/mol. The summed E-state index contributed by atoms with van der Waals surface area (Å²) in [4.78, 5) is 4.20. The predicted molar refractivity (Wildman–Crippen MR) is 50.1 cm³/mol. The minimum absolute atomic E-state index is 0.0856. The van der Waals surface area contributed by atoms with Crippen LogP contribution < -0.4 is 0 Å². The number of nitrogens with zero attached hydrogens (tertiary/aromatic N) is 2. The van der Waals surface area contributed by atoms with Crippen LogP contribution in [0.3, 0.4) is 0 Å². The molecule has 4 nitrogen and oxygen atoms in total. The lowest BCUT2D eigenvalue weighted by molar-refractivity contribution is 0.370. The minimum Gasteiger partial charge on any atom is -0.339 e. The molecule has 13 heavy (non-hydrogen) atoms. The van der Waals surface area contributed by atoms with Crippen LogP contribution in [0.1, 0.15) is 39.4 Å². The number of hydrogen-bond donors (Lipinski definition) is 1. The van der Waals surface area contributed by atoms with E-state index in [9.17, 15) is 0 Å². The lowest BCUT2D eigenvalue weighted by Gasteiger charge is -2.10. The highest BCUT2D eigenvalue weighted by atomic mass is 16.5. The van der Waals surface area contributed by atoms with Gasteiger partial charge in [0.15, 0.2) is 5.82 Å². The maximum Gasteiger partial charge on any atom is 0.232 e. The van der Waals surface area contributed by atoms with E-state index < -0.39 is 0 Å². The topological polar surface area (TPSA) is 62.8 Å². The van der Waals surface area contributed by atoms with Gasteiger partial charge in [0, 0.05) is 11.1 Å². The van der Waals surface area contributed by atoms with Gasteiger partial charge >= 0.3 is 0 Å². The van der Waals surface area contributed by atoms with Gasteiger partial charge in [-0.3, -0.25) is 0 Å². The van der Waals surface area contributed by atoms with E-state index in [1.54, 1.807) is 6.92 Å². The first-order valence-corrected chi connectivity index (χ1v) is 4.26. The molecule has 0 bridgehead atoms. The summed E-state index contributed by atoms with van der Waals surface area (Å²) in [7, 11) is 0. The molecule has 0 aliphatic heterocycles. The lowest BCUT2D eigenvalue weighted by Crippen LogP contribution is -2.13. The highest BCUT2D eigenvalue weighted by molar-refractivity contribution is 5.80. The van der Waals surface area contributed by atoms with Crippen molar-refractivity contribution in [1.82, 2.24) is 10.1 Å². The smallest absolute Gasteiger partial charge is 0.232 e. The zero-order chi connectivity index (χ0) is 10.1. The number of aromatic nitrogens is 2. The zero-order valence-electron chi connectivity index (χ0n) is 8.51. The molecule has 72 valence electrons. The van der Waals surface area contributed by atoms with Gasteiger partial charge in [-0.25, -0.2) is 0 Å². The second-order valence-corrected chi connectivity index (χ2v) is 4.22. The number of nitrogens with one attached hydrogen (secondary N) is 1. The largest absolute Gasteiger partial charge is 0.339 e. The lowest BCUT2D eigenvalue weighted by atomic mass is 9.96. The van der Waals surface area contributed by atoms with E-state index >= 15 is 0 Å². The molecule has 1 aromatic heterocycles. The highest BCUT2D eigenvalue weighted by Gasteiger charge is 2.20. The second kappa shape index (κ2) is 3.28. The van der Waals surface area contributed by atoms with Crippen molar-refractivity contribution in [3.63, 3.8) is 0 Å². The van der Waals surface area contributed by atoms with Crippen LogP contribution in [0.15, 0.2) is 4.52 Å². The minimum atomic E-state index is -0.0856. The fourth-order valence-electron chi connectivity index (χ4n) is 0.858. The number of rotatable bonds is 2. The Labute approximate surface area is 77.9 Å². The molecule has 0 saturated carbocycles. The maximum absolute atomic E-state index is 7.27. The first kappa shape index (κ1) is 9.89. The van der Waals surface area contributed by atoms with E-state index in [-0.39, 0.29) is 5.41 Å². The van der Waals surface area contributed by atoms with Crippen LogP contribution in [-0.2, 0) is 11.8 Å². The van der Waals surface area contributed by atoms with Crippen LogP contribution >= 0.6 is 0 Å². The number of hydrogen-bond acceptors (Lipinski definition) is 4. The summed E-state index contributed by atoms with van der Waals surface area (Å²) < 4.78 is 5.00. The van der Waals surface area contributed by atoms with E-state index in [1.807, 2.05) is 20.8 Å². The third-order valence-electron chi connectivity index (χ3n) is 1.56. The maximum atomic E-state index is 7.27. The van der Waals surface area contributed by atoms with Crippen LogP contribution in [-0.4, -0.2) is 15.9 Å². The van der Waals surface area contributed by atoms with Crippen LogP contribution in [0.25, 0.3) is 0 Å². The van der Waals surface area contributed by atoms with Gasteiger partial charge in [0.05, 0.1) is 6.42 Å². The highest BCUT2D eigenvalue weighted by Crippen LogP contribution is 2.18. The molecule has 0 aliphatic carbocycles. The summed E-state index contributed by atoms with van der Waals surface area (Å²) >= 11 is 0. The van der Waals surface area contributed by atoms with Crippen molar-refractivity contribution in [2.24, 2.45) is 0 Å².